The molecule has 3 fully saturated rings. The number of amides is 2. The van der Waals surface area contributed by atoms with Gasteiger partial charge >= 0.3 is 18.0 Å². The van der Waals surface area contributed by atoms with Crippen molar-refractivity contribution in [1.82, 2.24) is 29.9 Å². The number of likely N-dealkylation sites (tertiary alicyclic amines) is 1. The van der Waals surface area contributed by atoms with E-state index in [1.807, 2.05) is 23.6 Å². The molecule has 1 aromatic heterocycles. The molecule has 1 aromatic carbocycles. The number of aliphatic carboxylic acids is 1. The minimum Gasteiger partial charge on any atom is -0.478 e. The van der Waals surface area contributed by atoms with Crippen LogP contribution in [-0.4, -0.2) is 124 Å². The van der Waals surface area contributed by atoms with Crippen LogP contribution in [0, 0.1) is 5.82 Å². The molecule has 240 valence electrons. The maximum atomic E-state index is 13.9. The van der Waals surface area contributed by atoms with E-state index in [0.29, 0.717) is 61.2 Å². The van der Waals surface area contributed by atoms with E-state index in [4.69, 9.17) is 16.3 Å². The van der Waals surface area contributed by atoms with Crippen LogP contribution in [0.4, 0.5) is 9.18 Å². The number of piperazine rings is 1. The molecule has 4 aliphatic rings. The lowest BCUT2D eigenvalue weighted by molar-refractivity contribution is -0.146. The van der Waals surface area contributed by atoms with Crippen LogP contribution < -0.4 is 5.32 Å². The second-order valence-corrected chi connectivity index (χ2v) is 13.2. The van der Waals surface area contributed by atoms with Gasteiger partial charge in [-0.15, -0.1) is 11.3 Å². The van der Waals surface area contributed by atoms with Crippen LogP contribution in [0.2, 0.25) is 5.02 Å². The van der Waals surface area contributed by atoms with Gasteiger partial charge in [0.2, 0.25) is 0 Å². The molecule has 2 N–H and O–H groups in total. The van der Waals surface area contributed by atoms with Crippen LogP contribution in [0.15, 0.2) is 46.0 Å². The molecule has 0 aliphatic carbocycles. The molecule has 5 heterocycles. The van der Waals surface area contributed by atoms with Gasteiger partial charge in [-0.1, -0.05) is 17.7 Å². The number of halogens is 2. The van der Waals surface area contributed by atoms with E-state index < -0.39 is 23.9 Å². The van der Waals surface area contributed by atoms with E-state index in [1.165, 1.54) is 30.6 Å². The lowest BCUT2D eigenvalue weighted by Gasteiger charge is -2.38. The van der Waals surface area contributed by atoms with Gasteiger partial charge in [0.1, 0.15) is 17.9 Å². The number of methoxy groups -OCH3 is 1. The number of urea groups is 1. The lowest BCUT2D eigenvalue weighted by Crippen LogP contribution is -2.53. The van der Waals surface area contributed by atoms with Crippen LogP contribution in [0.5, 0.6) is 0 Å². The summed E-state index contributed by atoms with van der Waals surface area (Å²) in [7, 11) is 1.39. The van der Waals surface area contributed by atoms with Crippen LogP contribution in [0.1, 0.15) is 36.9 Å². The number of carboxylic acids is 1. The summed E-state index contributed by atoms with van der Waals surface area (Å²) >= 11 is 7.77. The number of carbonyl (C=O) groups is 3. The molecule has 0 bridgehead atoms. The second kappa shape index (κ2) is 12.7. The first-order chi connectivity index (χ1) is 21.5. The molecule has 0 spiro atoms. The van der Waals surface area contributed by atoms with Crippen molar-refractivity contribution < 1.29 is 28.6 Å². The largest absolute Gasteiger partial charge is 0.478 e. The van der Waals surface area contributed by atoms with Crippen LogP contribution in [-0.2, 0) is 14.3 Å². The Morgan fingerprint density at radius 1 is 1.20 bits per heavy atom. The van der Waals surface area contributed by atoms with Gasteiger partial charge in [0.25, 0.3) is 0 Å². The molecule has 0 saturated carbocycles. The number of nitrogens with one attached hydrogen (secondary N) is 1. The van der Waals surface area contributed by atoms with Crippen molar-refractivity contribution in [3.63, 3.8) is 0 Å². The number of carbonyl (C=O) groups excluding carboxylic acids is 2. The van der Waals surface area contributed by atoms with E-state index in [1.54, 1.807) is 11.6 Å². The van der Waals surface area contributed by atoms with Gasteiger partial charge < -0.3 is 25.0 Å². The van der Waals surface area contributed by atoms with Crippen molar-refractivity contribution in [3.05, 3.63) is 62.5 Å². The number of aliphatic imine (C=N–C) groups is 1. The Bertz CT molecular complexity index is 1550. The molecule has 12 nitrogen and oxygen atoms in total. The number of aromatic nitrogens is 1. The topological polar surface area (TPSA) is 131 Å². The highest BCUT2D eigenvalue weighted by Crippen LogP contribution is 2.37. The zero-order valence-electron chi connectivity index (χ0n) is 25.2. The first kappa shape index (κ1) is 31.4. The Labute approximate surface area is 269 Å². The third-order valence-electron chi connectivity index (χ3n) is 8.99. The predicted molar refractivity (Wildman–Crippen MR) is 166 cm³/mol. The maximum absolute atomic E-state index is 13.9. The summed E-state index contributed by atoms with van der Waals surface area (Å²) < 4.78 is 19.0. The van der Waals surface area contributed by atoms with Gasteiger partial charge in [-0.05, 0) is 32.4 Å². The number of fused-ring (bicyclic) bond motifs is 1. The average Bonchev–Trinajstić information content (AvgIpc) is 3.76. The number of carboxylic acid groups (broad SMARTS) is 1. The van der Waals surface area contributed by atoms with Crippen LogP contribution in [0.3, 0.4) is 0 Å². The number of hydrogen-bond acceptors (Lipinski definition) is 10. The number of benzene rings is 1. The fourth-order valence-corrected chi connectivity index (χ4v) is 7.70. The molecule has 0 unspecified atom stereocenters. The van der Waals surface area contributed by atoms with E-state index in [9.17, 15) is 23.9 Å². The average molecular weight is 660 g/mol. The molecular formula is C30H35ClFN7O5S. The Balaban J connectivity index is 1.23. The summed E-state index contributed by atoms with van der Waals surface area (Å²) in [5, 5.41) is 16.1. The number of rotatable bonds is 8. The summed E-state index contributed by atoms with van der Waals surface area (Å²) in [6, 6.07) is 2.36. The molecule has 0 radical (unpaired) electrons. The fraction of sp³-hybridized carbons (Fsp3) is 0.500. The highest BCUT2D eigenvalue weighted by Gasteiger charge is 2.48. The quantitative estimate of drug-likeness (QED) is 0.411. The summed E-state index contributed by atoms with van der Waals surface area (Å²) in [5.74, 6) is -1.57. The number of esters is 1. The SMILES string of the molecule is COC(=O)[C@H]1C[C@H](N2C[C@@H]3CN(CC4=C(C(=O)O)[C@H](c5ccc(F)cc5Cl)N=C(c5nccs5)N4)CCN3C2=O)CN1C(C)C. The van der Waals surface area contributed by atoms with E-state index in [-0.39, 0.29) is 47.3 Å². The van der Waals surface area contributed by atoms with Crippen molar-refractivity contribution >= 4 is 46.7 Å². The molecule has 2 aromatic rings. The van der Waals surface area contributed by atoms with Gasteiger partial charge in [-0.25, -0.2) is 19.0 Å². The van der Waals surface area contributed by atoms with Crippen molar-refractivity contribution in [1.29, 1.82) is 0 Å². The minimum atomic E-state index is -1.17. The number of hydrogen-bond donors (Lipinski definition) is 2. The van der Waals surface area contributed by atoms with Crippen molar-refractivity contribution in [2.75, 3.05) is 46.4 Å². The highest BCUT2D eigenvalue weighted by molar-refractivity contribution is 7.11. The van der Waals surface area contributed by atoms with Gasteiger partial charge in [0.15, 0.2) is 10.8 Å². The van der Waals surface area contributed by atoms with E-state index in [0.717, 1.165) is 6.07 Å². The second-order valence-electron chi connectivity index (χ2n) is 11.9. The first-order valence-corrected chi connectivity index (χ1v) is 16.1. The Kier molecular flexibility index (Phi) is 8.83. The summed E-state index contributed by atoms with van der Waals surface area (Å²) in [6.07, 6.45) is 2.16. The van der Waals surface area contributed by atoms with Gasteiger partial charge in [0, 0.05) is 79.2 Å². The van der Waals surface area contributed by atoms with Crippen LogP contribution >= 0.6 is 22.9 Å². The Hall–Kier alpha value is -3.59. The molecule has 15 heteroatoms. The smallest absolute Gasteiger partial charge is 0.335 e. The predicted octanol–water partition coefficient (Wildman–Crippen LogP) is 2.81. The molecule has 4 atom stereocenters. The summed E-state index contributed by atoms with van der Waals surface area (Å²) in [5.41, 5.74) is 0.832. The number of ether oxygens (including phenoxy) is 1. The van der Waals surface area contributed by atoms with Crippen molar-refractivity contribution in [3.8, 4) is 0 Å². The van der Waals surface area contributed by atoms with Crippen molar-refractivity contribution in [2.45, 2.75) is 50.5 Å². The van der Waals surface area contributed by atoms with E-state index >= 15 is 0 Å². The monoisotopic (exact) mass is 659 g/mol. The first-order valence-electron chi connectivity index (χ1n) is 14.8. The highest BCUT2D eigenvalue weighted by atomic mass is 35.5. The molecule has 45 heavy (non-hydrogen) atoms. The summed E-state index contributed by atoms with van der Waals surface area (Å²) in [6.45, 7) is 6.98. The van der Waals surface area contributed by atoms with Gasteiger partial charge in [-0.2, -0.15) is 0 Å². The minimum absolute atomic E-state index is 0.0175. The lowest BCUT2D eigenvalue weighted by atomic mass is 9.95. The molecule has 2 amide bonds. The van der Waals surface area contributed by atoms with Crippen LogP contribution in [0.25, 0.3) is 0 Å². The summed E-state index contributed by atoms with van der Waals surface area (Å²) in [4.78, 5) is 55.8. The Morgan fingerprint density at radius 3 is 2.67 bits per heavy atom. The molecule has 4 aliphatic heterocycles. The Morgan fingerprint density at radius 2 is 2.00 bits per heavy atom. The fourth-order valence-electron chi connectivity index (χ4n) is 6.84. The third kappa shape index (κ3) is 6.03. The third-order valence-corrected chi connectivity index (χ3v) is 10.1. The number of thiazole rings is 1. The van der Waals surface area contributed by atoms with Gasteiger partial charge in [-0.3, -0.25) is 19.6 Å². The standard InChI is InChI=1S/C30H35ClFN7O5S/c1-16(2)38-13-18(11-23(38)29(42)44-3)39-14-19-12-36(7-8-37(19)30(39)43)15-22-24(28(40)41)25(20-5-4-17(32)10-21(20)31)35-26(34-22)27-33-6-9-45-27/h4-6,9-10,16,18-19,23,25H,7-8,11-15H2,1-3H3,(H,34,35)(H,40,41)/t18-,19-,23+,25-/m0/s1. The van der Waals surface area contributed by atoms with E-state index in [2.05, 4.69) is 25.1 Å². The molecule has 3 saturated heterocycles. The zero-order valence-corrected chi connectivity index (χ0v) is 26.7. The van der Waals surface area contributed by atoms with Gasteiger partial charge in [0.05, 0.1) is 18.7 Å². The molecular weight excluding hydrogens is 625 g/mol. The number of nitrogens with zero attached hydrogens (tertiary/aromatic N) is 6. The number of amidine groups is 1. The maximum Gasteiger partial charge on any atom is 0.335 e. The van der Waals surface area contributed by atoms with Crippen molar-refractivity contribution in [2.24, 2.45) is 4.99 Å². The normalized spacial score (nSPS) is 25.9. The zero-order chi connectivity index (χ0) is 32.0. The molecule has 6 rings (SSSR count).